The number of aliphatic imine (C=N–C) groups is 1. The third kappa shape index (κ3) is 7.46. The molecule has 1 heterocycles. The van der Waals surface area contributed by atoms with Crippen molar-refractivity contribution in [2.75, 3.05) is 45.8 Å². The molecular formula is C16H34IN5. The molecule has 0 spiro atoms. The van der Waals surface area contributed by atoms with Crippen LogP contribution >= 0.6 is 24.0 Å². The average molecular weight is 423 g/mol. The predicted molar refractivity (Wildman–Crippen MR) is 105 cm³/mol. The summed E-state index contributed by atoms with van der Waals surface area (Å²) in [7, 11) is 0. The van der Waals surface area contributed by atoms with Crippen molar-refractivity contribution in [3.63, 3.8) is 0 Å². The van der Waals surface area contributed by atoms with Crippen LogP contribution in [0.15, 0.2) is 4.99 Å². The molecule has 0 radical (unpaired) electrons. The molecule has 2 fully saturated rings. The Balaban J connectivity index is 0.00000242. The van der Waals surface area contributed by atoms with Crippen molar-refractivity contribution in [3.05, 3.63) is 0 Å². The molecule has 0 bridgehead atoms. The average Bonchev–Trinajstić information content (AvgIpc) is 2.76. The van der Waals surface area contributed by atoms with Crippen LogP contribution in [0.2, 0.25) is 0 Å². The summed E-state index contributed by atoms with van der Waals surface area (Å²) in [5, 5.41) is 3.41. The van der Waals surface area contributed by atoms with Crippen LogP contribution in [0.25, 0.3) is 0 Å². The van der Waals surface area contributed by atoms with Gasteiger partial charge in [-0.3, -0.25) is 9.89 Å². The normalized spacial score (nSPS) is 22.9. The van der Waals surface area contributed by atoms with E-state index in [1.165, 1.54) is 71.2 Å². The Kier molecular flexibility index (Phi) is 10.4. The van der Waals surface area contributed by atoms with E-state index < -0.39 is 0 Å². The lowest BCUT2D eigenvalue weighted by Gasteiger charge is -2.33. The number of piperazine rings is 1. The molecule has 1 aliphatic carbocycles. The Labute approximate surface area is 153 Å². The lowest BCUT2D eigenvalue weighted by Crippen LogP contribution is -2.47. The number of nitrogens with two attached hydrogens (primary N) is 1. The smallest absolute Gasteiger partial charge is 0.188 e. The summed E-state index contributed by atoms with van der Waals surface area (Å²) < 4.78 is 0. The summed E-state index contributed by atoms with van der Waals surface area (Å²) in [6, 6.07) is 0.546. The first-order chi connectivity index (χ1) is 10.3. The maximum absolute atomic E-state index is 6.03. The number of nitrogens with one attached hydrogen (secondary N) is 1. The molecule has 0 unspecified atom stereocenters. The summed E-state index contributed by atoms with van der Waals surface area (Å²) in [5.74, 6) is 0.647. The van der Waals surface area contributed by atoms with Crippen LogP contribution in [0.3, 0.4) is 0 Å². The fourth-order valence-electron chi connectivity index (χ4n) is 3.32. The second-order valence-corrected chi connectivity index (χ2v) is 6.38. The van der Waals surface area contributed by atoms with E-state index in [4.69, 9.17) is 5.73 Å². The van der Waals surface area contributed by atoms with Crippen LogP contribution < -0.4 is 11.1 Å². The Bertz CT molecular complexity index is 308. The van der Waals surface area contributed by atoms with Crippen LogP contribution in [-0.4, -0.2) is 67.6 Å². The van der Waals surface area contributed by atoms with Gasteiger partial charge in [0, 0.05) is 38.8 Å². The third-order valence-corrected chi connectivity index (χ3v) is 4.82. The Morgan fingerprint density at radius 2 is 1.64 bits per heavy atom. The zero-order chi connectivity index (χ0) is 14.9. The van der Waals surface area contributed by atoms with E-state index in [1.54, 1.807) is 0 Å². The summed E-state index contributed by atoms with van der Waals surface area (Å²) >= 11 is 0. The Morgan fingerprint density at radius 1 is 1.05 bits per heavy atom. The number of hydrogen-bond acceptors (Lipinski definition) is 3. The van der Waals surface area contributed by atoms with Crippen LogP contribution in [0.4, 0.5) is 0 Å². The minimum Gasteiger partial charge on any atom is -0.370 e. The van der Waals surface area contributed by atoms with Crippen molar-refractivity contribution in [1.82, 2.24) is 15.1 Å². The number of likely N-dealkylation sites (N-methyl/N-ethyl adjacent to an activating group) is 1. The largest absolute Gasteiger partial charge is 0.370 e. The van der Waals surface area contributed by atoms with Gasteiger partial charge in [0.05, 0.1) is 6.54 Å². The predicted octanol–water partition coefficient (Wildman–Crippen LogP) is 1.87. The van der Waals surface area contributed by atoms with E-state index in [-0.39, 0.29) is 24.0 Å². The highest BCUT2D eigenvalue weighted by atomic mass is 127. The molecule has 130 valence electrons. The second kappa shape index (κ2) is 11.5. The van der Waals surface area contributed by atoms with Crippen LogP contribution in [0.1, 0.15) is 45.4 Å². The molecule has 6 heteroatoms. The van der Waals surface area contributed by atoms with E-state index in [2.05, 4.69) is 27.0 Å². The third-order valence-electron chi connectivity index (χ3n) is 4.82. The van der Waals surface area contributed by atoms with Crippen LogP contribution in [-0.2, 0) is 0 Å². The van der Waals surface area contributed by atoms with Gasteiger partial charge in [-0.05, 0) is 19.4 Å². The van der Waals surface area contributed by atoms with E-state index in [0.29, 0.717) is 12.0 Å². The lowest BCUT2D eigenvalue weighted by molar-refractivity contribution is 0.140. The van der Waals surface area contributed by atoms with Crippen molar-refractivity contribution in [3.8, 4) is 0 Å². The van der Waals surface area contributed by atoms with Gasteiger partial charge in [-0.25, -0.2) is 0 Å². The van der Waals surface area contributed by atoms with E-state index in [1.807, 2.05) is 0 Å². The first-order valence-corrected chi connectivity index (χ1v) is 8.79. The van der Waals surface area contributed by atoms with Crippen LogP contribution in [0.5, 0.6) is 0 Å². The molecular weight excluding hydrogens is 389 g/mol. The monoisotopic (exact) mass is 423 g/mol. The molecule has 5 nitrogen and oxygen atoms in total. The minimum absolute atomic E-state index is 0. The number of nitrogens with zero attached hydrogens (tertiary/aromatic N) is 3. The SMILES string of the molecule is CCN1CCN(CCN=C(N)NC2CCCCCC2)CC1.I. The summed E-state index contributed by atoms with van der Waals surface area (Å²) in [4.78, 5) is 9.51. The van der Waals surface area contributed by atoms with Gasteiger partial charge < -0.3 is 16.0 Å². The molecule has 0 atom stereocenters. The Morgan fingerprint density at radius 3 is 2.23 bits per heavy atom. The van der Waals surface area contributed by atoms with Crippen LogP contribution in [0, 0.1) is 0 Å². The first kappa shape index (κ1) is 20.0. The molecule has 0 amide bonds. The highest BCUT2D eigenvalue weighted by molar-refractivity contribution is 14.0. The summed E-state index contributed by atoms with van der Waals surface area (Å²) in [5.41, 5.74) is 6.03. The highest BCUT2D eigenvalue weighted by Crippen LogP contribution is 2.16. The molecule has 3 N–H and O–H groups in total. The molecule has 2 rings (SSSR count). The maximum Gasteiger partial charge on any atom is 0.188 e. The fourth-order valence-corrected chi connectivity index (χ4v) is 3.32. The molecule has 0 aromatic carbocycles. The highest BCUT2D eigenvalue weighted by Gasteiger charge is 2.15. The quantitative estimate of drug-likeness (QED) is 0.307. The number of hydrogen-bond donors (Lipinski definition) is 2. The Hall–Kier alpha value is -0.0800. The van der Waals surface area contributed by atoms with Gasteiger partial charge in [0.25, 0.3) is 0 Å². The van der Waals surface area contributed by atoms with Crippen molar-refractivity contribution < 1.29 is 0 Å². The van der Waals surface area contributed by atoms with Gasteiger partial charge in [-0.1, -0.05) is 32.6 Å². The summed E-state index contributed by atoms with van der Waals surface area (Å²) in [6.45, 7) is 9.97. The van der Waals surface area contributed by atoms with Crippen molar-refractivity contribution >= 4 is 29.9 Å². The molecule has 0 aromatic heterocycles. The standard InChI is InChI=1S/C16H33N5.HI/c1-2-20-11-13-21(14-12-20)10-9-18-16(17)19-15-7-5-3-4-6-8-15;/h15H,2-14H2,1H3,(H3,17,18,19);1H. The molecule has 22 heavy (non-hydrogen) atoms. The van der Waals surface area contributed by atoms with Gasteiger partial charge >= 0.3 is 0 Å². The molecule has 1 saturated heterocycles. The van der Waals surface area contributed by atoms with Gasteiger partial charge in [-0.2, -0.15) is 0 Å². The summed E-state index contributed by atoms with van der Waals surface area (Å²) in [6.07, 6.45) is 7.89. The second-order valence-electron chi connectivity index (χ2n) is 6.38. The maximum atomic E-state index is 6.03. The van der Waals surface area contributed by atoms with Gasteiger partial charge in [0.2, 0.25) is 0 Å². The fraction of sp³-hybridized carbons (Fsp3) is 0.938. The lowest BCUT2D eigenvalue weighted by atomic mass is 10.1. The minimum atomic E-state index is 0. The molecule has 2 aliphatic rings. The van der Waals surface area contributed by atoms with Crippen molar-refractivity contribution in [2.24, 2.45) is 10.7 Å². The topological polar surface area (TPSA) is 56.9 Å². The first-order valence-electron chi connectivity index (χ1n) is 8.79. The number of halogens is 1. The number of rotatable bonds is 5. The van der Waals surface area contributed by atoms with Crippen molar-refractivity contribution in [1.29, 1.82) is 0 Å². The van der Waals surface area contributed by atoms with Gasteiger partial charge in [-0.15, -0.1) is 24.0 Å². The van der Waals surface area contributed by atoms with Gasteiger partial charge in [0.15, 0.2) is 5.96 Å². The zero-order valence-electron chi connectivity index (χ0n) is 14.1. The number of guanidine groups is 1. The molecule has 1 aliphatic heterocycles. The van der Waals surface area contributed by atoms with Crippen molar-refractivity contribution in [2.45, 2.75) is 51.5 Å². The molecule has 1 saturated carbocycles. The zero-order valence-corrected chi connectivity index (χ0v) is 16.4. The van der Waals surface area contributed by atoms with Gasteiger partial charge in [0.1, 0.15) is 0 Å². The van der Waals surface area contributed by atoms with E-state index in [9.17, 15) is 0 Å². The molecule has 0 aromatic rings. The van der Waals surface area contributed by atoms with E-state index >= 15 is 0 Å². The van der Waals surface area contributed by atoms with E-state index in [0.717, 1.165) is 13.1 Å².